The van der Waals surface area contributed by atoms with Gasteiger partial charge in [0, 0.05) is 6.42 Å². The van der Waals surface area contributed by atoms with Crippen LogP contribution in [-0.2, 0) is 11.2 Å². The number of hydrogen-bond donors (Lipinski definition) is 0. The molecule has 0 N–H and O–H groups in total. The van der Waals surface area contributed by atoms with Crippen LogP contribution < -0.4 is 0 Å². The zero-order chi connectivity index (χ0) is 13.7. The van der Waals surface area contributed by atoms with Gasteiger partial charge in [0.15, 0.2) is 5.69 Å². The maximum absolute atomic E-state index is 11.6. The minimum Gasteiger partial charge on any atom is -0.460 e. The highest BCUT2D eigenvalue weighted by Crippen LogP contribution is 2.15. The van der Waals surface area contributed by atoms with E-state index in [9.17, 15) is 4.79 Å². The quantitative estimate of drug-likeness (QED) is 0.784. The predicted octanol–water partition coefficient (Wildman–Crippen LogP) is 2.31. The van der Waals surface area contributed by atoms with E-state index >= 15 is 0 Å². The lowest BCUT2D eigenvalue weighted by atomic mass is 10.1. The number of nitriles is 1. The van der Waals surface area contributed by atoms with Gasteiger partial charge in [-0.05, 0) is 12.5 Å². The Balaban J connectivity index is 2.24. The van der Waals surface area contributed by atoms with E-state index in [4.69, 9.17) is 14.4 Å². The SMILES string of the molecule is CCOC(=O)c1oc(Cc2ccccc2)nc1C#N. The molecule has 0 amide bonds. The van der Waals surface area contributed by atoms with Gasteiger partial charge in [0.25, 0.3) is 0 Å². The number of esters is 1. The second kappa shape index (κ2) is 5.83. The Bertz CT molecular complexity index is 611. The van der Waals surface area contributed by atoms with Crippen LogP contribution in [-0.4, -0.2) is 17.6 Å². The van der Waals surface area contributed by atoms with Crippen molar-refractivity contribution in [2.24, 2.45) is 0 Å². The summed E-state index contributed by atoms with van der Waals surface area (Å²) in [5, 5.41) is 8.93. The van der Waals surface area contributed by atoms with Gasteiger partial charge in [0.1, 0.15) is 6.07 Å². The standard InChI is InChI=1S/C14H12N2O3/c1-2-18-14(17)13-11(9-15)16-12(19-13)8-10-6-4-3-5-7-10/h3-7H,2,8H2,1H3. The third-order valence-electron chi connectivity index (χ3n) is 2.44. The van der Waals surface area contributed by atoms with Crippen LogP contribution in [0.25, 0.3) is 0 Å². The van der Waals surface area contributed by atoms with Crippen LogP contribution in [0.5, 0.6) is 0 Å². The molecule has 1 aromatic carbocycles. The summed E-state index contributed by atoms with van der Waals surface area (Å²) < 4.78 is 10.1. The molecule has 5 nitrogen and oxygen atoms in total. The van der Waals surface area contributed by atoms with Crippen LogP contribution in [0.1, 0.15) is 34.6 Å². The summed E-state index contributed by atoms with van der Waals surface area (Å²) in [6.45, 7) is 1.91. The first kappa shape index (κ1) is 12.8. The number of hydrogen-bond acceptors (Lipinski definition) is 5. The summed E-state index contributed by atoms with van der Waals surface area (Å²) in [7, 11) is 0. The maximum Gasteiger partial charge on any atom is 0.377 e. The molecular formula is C14H12N2O3. The molecular weight excluding hydrogens is 244 g/mol. The summed E-state index contributed by atoms with van der Waals surface area (Å²) >= 11 is 0. The zero-order valence-electron chi connectivity index (χ0n) is 10.4. The number of carbonyl (C=O) groups excluding carboxylic acids is 1. The summed E-state index contributed by atoms with van der Waals surface area (Å²) in [6.07, 6.45) is 0.426. The molecule has 0 spiro atoms. The maximum atomic E-state index is 11.6. The van der Waals surface area contributed by atoms with E-state index in [1.807, 2.05) is 36.4 Å². The van der Waals surface area contributed by atoms with Gasteiger partial charge >= 0.3 is 5.97 Å². The lowest BCUT2D eigenvalue weighted by Gasteiger charge is -1.97. The van der Waals surface area contributed by atoms with Crippen molar-refractivity contribution in [2.45, 2.75) is 13.3 Å². The van der Waals surface area contributed by atoms with Gasteiger partial charge in [-0.1, -0.05) is 30.3 Å². The van der Waals surface area contributed by atoms with Crippen molar-refractivity contribution in [3.8, 4) is 6.07 Å². The van der Waals surface area contributed by atoms with Gasteiger partial charge in [-0.25, -0.2) is 9.78 Å². The van der Waals surface area contributed by atoms with E-state index < -0.39 is 5.97 Å². The van der Waals surface area contributed by atoms with Gasteiger partial charge in [0.2, 0.25) is 11.7 Å². The van der Waals surface area contributed by atoms with Gasteiger partial charge in [-0.15, -0.1) is 0 Å². The van der Waals surface area contributed by atoms with Crippen molar-refractivity contribution in [1.82, 2.24) is 4.98 Å². The summed E-state index contributed by atoms with van der Waals surface area (Å²) in [5.41, 5.74) is 0.952. The van der Waals surface area contributed by atoms with Crippen LogP contribution in [0.3, 0.4) is 0 Å². The Hall–Kier alpha value is -2.61. The van der Waals surface area contributed by atoms with Crippen molar-refractivity contribution in [2.75, 3.05) is 6.61 Å². The van der Waals surface area contributed by atoms with Crippen LogP contribution >= 0.6 is 0 Å². The molecule has 0 aliphatic rings. The van der Waals surface area contributed by atoms with E-state index in [1.54, 1.807) is 6.92 Å². The second-order valence-electron chi connectivity index (χ2n) is 3.78. The van der Waals surface area contributed by atoms with Crippen LogP contribution in [0.15, 0.2) is 34.7 Å². The highest BCUT2D eigenvalue weighted by molar-refractivity contribution is 5.88. The molecule has 0 saturated heterocycles. The molecule has 0 atom stereocenters. The largest absolute Gasteiger partial charge is 0.460 e. The molecule has 0 unspecified atom stereocenters. The van der Waals surface area contributed by atoms with Crippen LogP contribution in [0.4, 0.5) is 0 Å². The lowest BCUT2D eigenvalue weighted by molar-refractivity contribution is 0.0487. The normalized spacial score (nSPS) is 9.89. The first-order valence-corrected chi connectivity index (χ1v) is 5.85. The number of carbonyl (C=O) groups is 1. The molecule has 1 aromatic heterocycles. The topological polar surface area (TPSA) is 76.1 Å². The fourth-order valence-corrected chi connectivity index (χ4v) is 1.62. The Morgan fingerprint density at radius 2 is 2.16 bits per heavy atom. The van der Waals surface area contributed by atoms with Gasteiger partial charge < -0.3 is 9.15 Å². The average molecular weight is 256 g/mol. The summed E-state index contributed by atoms with van der Waals surface area (Å²) in [4.78, 5) is 15.6. The molecule has 0 fully saturated rings. The molecule has 19 heavy (non-hydrogen) atoms. The number of nitrogens with zero attached hydrogens (tertiary/aromatic N) is 2. The third-order valence-corrected chi connectivity index (χ3v) is 2.44. The Labute approximate surface area is 110 Å². The molecule has 2 aromatic rings. The van der Waals surface area contributed by atoms with E-state index in [0.717, 1.165) is 5.56 Å². The fraction of sp³-hybridized carbons (Fsp3) is 0.214. The molecule has 0 saturated carbocycles. The van der Waals surface area contributed by atoms with E-state index in [0.29, 0.717) is 12.3 Å². The molecule has 1 heterocycles. The fourth-order valence-electron chi connectivity index (χ4n) is 1.62. The number of oxazole rings is 1. The third kappa shape index (κ3) is 2.99. The van der Waals surface area contributed by atoms with Crippen molar-refractivity contribution in [3.05, 3.63) is 53.2 Å². The molecule has 0 aliphatic carbocycles. The minimum atomic E-state index is -0.661. The predicted molar refractivity (Wildman–Crippen MR) is 66.4 cm³/mol. The monoisotopic (exact) mass is 256 g/mol. The lowest BCUT2D eigenvalue weighted by Crippen LogP contribution is -2.05. The number of aromatic nitrogens is 1. The molecule has 0 aliphatic heterocycles. The van der Waals surface area contributed by atoms with E-state index in [-0.39, 0.29) is 18.1 Å². The Morgan fingerprint density at radius 3 is 2.79 bits per heavy atom. The molecule has 0 bridgehead atoms. The van der Waals surface area contributed by atoms with E-state index in [1.165, 1.54) is 0 Å². The molecule has 5 heteroatoms. The number of benzene rings is 1. The average Bonchev–Trinajstić information content (AvgIpc) is 2.83. The van der Waals surface area contributed by atoms with Crippen LogP contribution in [0.2, 0.25) is 0 Å². The molecule has 2 rings (SSSR count). The number of rotatable bonds is 4. The minimum absolute atomic E-state index is 0.0376. The van der Waals surface area contributed by atoms with Gasteiger partial charge in [-0.2, -0.15) is 5.26 Å². The van der Waals surface area contributed by atoms with Crippen LogP contribution in [0, 0.1) is 11.3 Å². The highest BCUT2D eigenvalue weighted by Gasteiger charge is 2.21. The Morgan fingerprint density at radius 1 is 1.42 bits per heavy atom. The van der Waals surface area contributed by atoms with Gasteiger partial charge in [0.05, 0.1) is 6.61 Å². The number of ether oxygens (including phenoxy) is 1. The van der Waals surface area contributed by atoms with Crippen molar-refractivity contribution in [3.63, 3.8) is 0 Å². The van der Waals surface area contributed by atoms with E-state index in [2.05, 4.69) is 4.98 Å². The highest BCUT2D eigenvalue weighted by atomic mass is 16.5. The van der Waals surface area contributed by atoms with Gasteiger partial charge in [-0.3, -0.25) is 0 Å². The van der Waals surface area contributed by atoms with Crippen molar-refractivity contribution < 1.29 is 13.9 Å². The van der Waals surface area contributed by atoms with Crippen molar-refractivity contribution in [1.29, 1.82) is 5.26 Å². The smallest absolute Gasteiger partial charge is 0.377 e. The first-order chi connectivity index (χ1) is 9.24. The summed E-state index contributed by atoms with van der Waals surface area (Å²) in [6, 6.07) is 11.4. The first-order valence-electron chi connectivity index (χ1n) is 5.85. The second-order valence-corrected chi connectivity index (χ2v) is 3.78. The Kier molecular flexibility index (Phi) is 3.94. The van der Waals surface area contributed by atoms with Crippen molar-refractivity contribution >= 4 is 5.97 Å². The zero-order valence-corrected chi connectivity index (χ0v) is 10.4. The molecule has 96 valence electrons. The molecule has 0 radical (unpaired) electrons. The summed E-state index contributed by atoms with van der Waals surface area (Å²) in [5.74, 6) is -0.466.